The van der Waals surface area contributed by atoms with E-state index in [2.05, 4.69) is 34.2 Å². The van der Waals surface area contributed by atoms with Gasteiger partial charge < -0.3 is 4.74 Å². The van der Waals surface area contributed by atoms with Crippen molar-refractivity contribution in [1.29, 1.82) is 0 Å². The van der Waals surface area contributed by atoms with Gasteiger partial charge in [0.25, 0.3) is 0 Å². The Labute approximate surface area is 132 Å². The van der Waals surface area contributed by atoms with Gasteiger partial charge in [-0.3, -0.25) is 10.00 Å². The first kappa shape index (κ1) is 14.3. The molecule has 2 aliphatic heterocycles. The second-order valence-electron chi connectivity index (χ2n) is 6.69. The summed E-state index contributed by atoms with van der Waals surface area (Å²) in [5.41, 5.74) is 4.44. The molecule has 2 aromatic rings. The maximum Gasteiger partial charge on any atom is 0.141 e. The van der Waals surface area contributed by atoms with E-state index in [4.69, 9.17) is 12.6 Å². The van der Waals surface area contributed by atoms with Gasteiger partial charge in [0, 0.05) is 18.0 Å². The Bertz CT molecular complexity index is 670. The number of nitrogens with one attached hydrogen (secondary N) is 1. The van der Waals surface area contributed by atoms with Crippen molar-refractivity contribution < 1.29 is 4.74 Å². The number of fused-ring (bicyclic) bond motifs is 1. The highest BCUT2D eigenvalue weighted by Gasteiger charge is 2.28. The quantitative estimate of drug-likeness (QED) is 0.856. The van der Waals surface area contributed by atoms with E-state index < -0.39 is 0 Å². The third-order valence-corrected chi connectivity index (χ3v) is 5.36. The SMILES string of the molecule is [B]c1[nH]nc2cc(C3CCN(C4CCOC4)CC3)c(C)cc12. The summed E-state index contributed by atoms with van der Waals surface area (Å²) in [6.07, 6.45) is 3.65. The second-order valence-corrected chi connectivity index (χ2v) is 6.69. The number of likely N-dealkylation sites (tertiary alicyclic amines) is 1. The lowest BCUT2D eigenvalue weighted by Gasteiger charge is -2.36. The Hall–Kier alpha value is -1.33. The zero-order valence-corrected chi connectivity index (χ0v) is 13.1. The largest absolute Gasteiger partial charge is 0.380 e. The molecule has 2 aliphatic rings. The van der Waals surface area contributed by atoms with Crippen LogP contribution in [0.5, 0.6) is 0 Å². The fourth-order valence-electron chi connectivity index (χ4n) is 4.03. The van der Waals surface area contributed by atoms with Crippen LogP contribution in [0.2, 0.25) is 0 Å². The third-order valence-electron chi connectivity index (χ3n) is 5.36. The Morgan fingerprint density at radius 1 is 1.27 bits per heavy atom. The molecule has 0 saturated carbocycles. The minimum atomic E-state index is 0.640. The van der Waals surface area contributed by atoms with E-state index in [0.29, 0.717) is 17.6 Å². The minimum Gasteiger partial charge on any atom is -0.380 e. The zero-order valence-electron chi connectivity index (χ0n) is 13.1. The van der Waals surface area contributed by atoms with Crippen LogP contribution in [0.4, 0.5) is 0 Å². The van der Waals surface area contributed by atoms with Gasteiger partial charge in [-0.15, -0.1) is 0 Å². The molecule has 22 heavy (non-hydrogen) atoms. The zero-order chi connectivity index (χ0) is 15.1. The Morgan fingerprint density at radius 3 is 2.82 bits per heavy atom. The average molecular weight is 295 g/mol. The van der Waals surface area contributed by atoms with Gasteiger partial charge in [0.2, 0.25) is 0 Å². The van der Waals surface area contributed by atoms with Crippen molar-refractivity contribution in [1.82, 2.24) is 15.1 Å². The summed E-state index contributed by atoms with van der Waals surface area (Å²) in [7, 11) is 5.93. The molecule has 2 fully saturated rings. The van der Waals surface area contributed by atoms with Crippen LogP contribution in [-0.4, -0.2) is 55.3 Å². The summed E-state index contributed by atoms with van der Waals surface area (Å²) in [5.74, 6) is 0.640. The first-order valence-electron chi connectivity index (χ1n) is 8.28. The molecule has 0 aliphatic carbocycles. The van der Waals surface area contributed by atoms with E-state index >= 15 is 0 Å². The fraction of sp³-hybridized carbons (Fsp3) is 0.588. The fourth-order valence-corrected chi connectivity index (χ4v) is 4.03. The summed E-state index contributed by atoms with van der Waals surface area (Å²) >= 11 is 0. The molecule has 1 atom stereocenters. The molecule has 0 bridgehead atoms. The number of aromatic nitrogens is 2. The van der Waals surface area contributed by atoms with Gasteiger partial charge in [-0.05, 0) is 74.0 Å². The molecular formula is C17H22BN3O. The van der Waals surface area contributed by atoms with Gasteiger partial charge in [-0.1, -0.05) is 0 Å². The standard InChI is InChI=1S/C17H22BN3O/c1-11-8-15-16(19-20-17(15)18)9-14(11)12-2-5-21(6-3-12)13-4-7-22-10-13/h8-9,12-13H,2-7,10H2,1H3,(H,19,20). The molecule has 4 rings (SSSR count). The average Bonchev–Trinajstić information content (AvgIpc) is 3.18. The molecule has 3 heterocycles. The van der Waals surface area contributed by atoms with Crippen LogP contribution < -0.4 is 5.59 Å². The Morgan fingerprint density at radius 2 is 2.09 bits per heavy atom. The Balaban J connectivity index is 1.52. The van der Waals surface area contributed by atoms with Crippen molar-refractivity contribution in [3.63, 3.8) is 0 Å². The van der Waals surface area contributed by atoms with Gasteiger partial charge in [0.15, 0.2) is 0 Å². The van der Waals surface area contributed by atoms with Crippen LogP contribution in [0.15, 0.2) is 12.1 Å². The first-order chi connectivity index (χ1) is 10.7. The highest BCUT2D eigenvalue weighted by Crippen LogP contribution is 2.33. The first-order valence-corrected chi connectivity index (χ1v) is 8.28. The van der Waals surface area contributed by atoms with Gasteiger partial charge >= 0.3 is 0 Å². The predicted octanol–water partition coefficient (Wildman–Crippen LogP) is 1.63. The maximum atomic E-state index is 5.93. The normalized spacial score (nSPS) is 24.3. The second kappa shape index (κ2) is 5.71. The van der Waals surface area contributed by atoms with Gasteiger partial charge in [-0.25, -0.2) is 0 Å². The lowest BCUT2D eigenvalue weighted by molar-refractivity contribution is 0.122. The van der Waals surface area contributed by atoms with E-state index in [1.807, 2.05) is 0 Å². The van der Waals surface area contributed by atoms with Crippen molar-refractivity contribution in [2.24, 2.45) is 0 Å². The molecule has 1 aromatic carbocycles. The van der Waals surface area contributed by atoms with E-state index in [0.717, 1.165) is 24.1 Å². The summed E-state index contributed by atoms with van der Waals surface area (Å²) < 4.78 is 5.53. The number of aromatic amines is 1. The van der Waals surface area contributed by atoms with Crippen LogP contribution in [0.3, 0.4) is 0 Å². The lowest BCUT2D eigenvalue weighted by atomic mass is 9.85. The van der Waals surface area contributed by atoms with E-state index in [1.54, 1.807) is 0 Å². The Kier molecular flexibility index (Phi) is 3.70. The van der Waals surface area contributed by atoms with Gasteiger partial charge in [0.05, 0.1) is 12.1 Å². The number of benzene rings is 1. The molecule has 1 N–H and O–H groups in total. The number of rotatable bonds is 2. The number of aryl methyl sites for hydroxylation is 1. The number of H-pyrrole nitrogens is 1. The van der Waals surface area contributed by atoms with Crippen molar-refractivity contribution in [2.45, 2.75) is 38.1 Å². The topological polar surface area (TPSA) is 41.2 Å². The molecule has 0 spiro atoms. The smallest absolute Gasteiger partial charge is 0.141 e. The van der Waals surface area contributed by atoms with Crippen molar-refractivity contribution in [3.8, 4) is 0 Å². The predicted molar refractivity (Wildman–Crippen MR) is 89.0 cm³/mol. The van der Waals surface area contributed by atoms with E-state index in [-0.39, 0.29) is 0 Å². The van der Waals surface area contributed by atoms with E-state index in [1.165, 1.54) is 43.5 Å². The molecule has 114 valence electrons. The molecule has 1 aromatic heterocycles. The van der Waals surface area contributed by atoms with Crippen molar-refractivity contribution in [3.05, 3.63) is 23.3 Å². The van der Waals surface area contributed by atoms with Crippen LogP contribution in [0, 0.1) is 6.92 Å². The lowest BCUT2D eigenvalue weighted by Crippen LogP contribution is -2.41. The highest BCUT2D eigenvalue weighted by atomic mass is 16.5. The van der Waals surface area contributed by atoms with Crippen LogP contribution >= 0.6 is 0 Å². The van der Waals surface area contributed by atoms with E-state index in [9.17, 15) is 0 Å². The summed E-state index contributed by atoms with van der Waals surface area (Å²) in [4.78, 5) is 2.61. The number of nitrogens with zero attached hydrogens (tertiary/aromatic N) is 2. The van der Waals surface area contributed by atoms with Gasteiger partial charge in [-0.2, -0.15) is 5.10 Å². The maximum absolute atomic E-state index is 5.93. The van der Waals surface area contributed by atoms with Crippen LogP contribution in [0.25, 0.3) is 10.9 Å². The van der Waals surface area contributed by atoms with Crippen molar-refractivity contribution >= 4 is 24.3 Å². The summed E-state index contributed by atoms with van der Waals surface area (Å²) in [6.45, 7) is 6.40. The molecular weight excluding hydrogens is 273 g/mol. The number of hydrogen-bond donors (Lipinski definition) is 1. The summed E-state index contributed by atoms with van der Waals surface area (Å²) in [6, 6.07) is 5.06. The van der Waals surface area contributed by atoms with Crippen molar-refractivity contribution in [2.75, 3.05) is 26.3 Å². The number of ether oxygens (including phenoxy) is 1. The minimum absolute atomic E-state index is 0.640. The van der Waals surface area contributed by atoms with Crippen LogP contribution in [0.1, 0.15) is 36.3 Å². The third kappa shape index (κ3) is 2.46. The molecule has 2 saturated heterocycles. The molecule has 1 unspecified atom stereocenters. The summed E-state index contributed by atoms with van der Waals surface area (Å²) in [5, 5.41) is 8.24. The molecule has 5 heteroatoms. The van der Waals surface area contributed by atoms with Gasteiger partial charge in [0.1, 0.15) is 7.85 Å². The molecule has 4 nitrogen and oxygen atoms in total. The number of hydrogen-bond acceptors (Lipinski definition) is 3. The number of piperidine rings is 1. The highest BCUT2D eigenvalue weighted by molar-refractivity contribution is 6.37. The molecule has 2 radical (unpaired) electrons. The van der Waals surface area contributed by atoms with Crippen LogP contribution in [-0.2, 0) is 4.74 Å². The molecule has 0 amide bonds. The monoisotopic (exact) mass is 295 g/mol.